The lowest BCUT2D eigenvalue weighted by Crippen LogP contribution is -2.24. The molecule has 0 N–H and O–H groups in total. The first-order chi connectivity index (χ1) is 13.9. The molecule has 0 saturated carbocycles. The van der Waals surface area contributed by atoms with Crippen molar-refractivity contribution in [2.75, 3.05) is 0 Å². The standard InChI is InChI=1S/C21H13F3N4O/c22-21(23,24)15-9-10-19(26-13-15)28-20(29)16(17-8-4-5-11-25-17)12-18(27-28)14-6-2-1-3-7-14/h1-13H. The summed E-state index contributed by atoms with van der Waals surface area (Å²) in [4.78, 5) is 21.1. The van der Waals surface area contributed by atoms with Crippen molar-refractivity contribution in [3.63, 3.8) is 0 Å². The fraction of sp³-hybridized carbons (Fsp3) is 0.0476. The van der Waals surface area contributed by atoms with Crippen LogP contribution in [0, 0.1) is 0 Å². The third-order valence-electron chi connectivity index (χ3n) is 4.21. The average molecular weight is 394 g/mol. The maximum absolute atomic E-state index is 13.0. The molecule has 0 radical (unpaired) electrons. The van der Waals surface area contributed by atoms with Gasteiger partial charge in [-0.15, -0.1) is 0 Å². The van der Waals surface area contributed by atoms with Gasteiger partial charge in [0.25, 0.3) is 5.56 Å². The Morgan fingerprint density at radius 1 is 0.828 bits per heavy atom. The summed E-state index contributed by atoms with van der Waals surface area (Å²) >= 11 is 0. The lowest BCUT2D eigenvalue weighted by Gasteiger charge is -2.11. The van der Waals surface area contributed by atoms with Crippen LogP contribution in [0.5, 0.6) is 0 Å². The third-order valence-corrected chi connectivity index (χ3v) is 4.21. The Morgan fingerprint density at radius 2 is 1.59 bits per heavy atom. The van der Waals surface area contributed by atoms with E-state index >= 15 is 0 Å². The number of aromatic nitrogens is 4. The second-order valence-corrected chi connectivity index (χ2v) is 6.14. The zero-order valence-corrected chi connectivity index (χ0v) is 14.8. The first-order valence-electron chi connectivity index (χ1n) is 8.58. The van der Waals surface area contributed by atoms with E-state index in [1.54, 1.807) is 30.5 Å². The normalized spacial score (nSPS) is 11.4. The Bertz CT molecular complexity index is 1190. The van der Waals surface area contributed by atoms with Crippen LogP contribution in [0.25, 0.3) is 28.3 Å². The van der Waals surface area contributed by atoms with Gasteiger partial charge in [0, 0.05) is 18.0 Å². The summed E-state index contributed by atoms with van der Waals surface area (Å²) in [6.45, 7) is 0. The predicted octanol–water partition coefficient (Wildman–Crippen LogP) is 4.38. The molecule has 0 bridgehead atoms. The largest absolute Gasteiger partial charge is 0.417 e. The van der Waals surface area contributed by atoms with Crippen molar-refractivity contribution in [3.05, 3.63) is 95.0 Å². The molecular weight excluding hydrogens is 381 g/mol. The molecule has 0 aliphatic carbocycles. The van der Waals surface area contributed by atoms with Gasteiger partial charge in [0.1, 0.15) is 0 Å². The number of benzene rings is 1. The average Bonchev–Trinajstić information content (AvgIpc) is 2.75. The van der Waals surface area contributed by atoms with Crippen molar-refractivity contribution in [3.8, 4) is 28.3 Å². The molecule has 0 spiro atoms. The van der Waals surface area contributed by atoms with Gasteiger partial charge < -0.3 is 0 Å². The molecule has 144 valence electrons. The number of hydrogen-bond acceptors (Lipinski definition) is 4. The molecule has 0 aliphatic heterocycles. The van der Waals surface area contributed by atoms with Gasteiger partial charge in [-0.2, -0.15) is 23.0 Å². The van der Waals surface area contributed by atoms with Gasteiger partial charge in [0.05, 0.1) is 22.5 Å². The maximum atomic E-state index is 13.0. The molecule has 3 heterocycles. The number of nitrogens with zero attached hydrogens (tertiary/aromatic N) is 4. The van der Waals surface area contributed by atoms with Crippen LogP contribution >= 0.6 is 0 Å². The summed E-state index contributed by atoms with van der Waals surface area (Å²) in [5, 5.41) is 4.32. The fourth-order valence-corrected chi connectivity index (χ4v) is 2.78. The van der Waals surface area contributed by atoms with Crippen LogP contribution in [0.4, 0.5) is 13.2 Å². The lowest BCUT2D eigenvalue weighted by atomic mass is 10.1. The van der Waals surface area contributed by atoms with Crippen LogP contribution in [0.3, 0.4) is 0 Å². The number of rotatable bonds is 3. The maximum Gasteiger partial charge on any atom is 0.417 e. The molecule has 0 atom stereocenters. The van der Waals surface area contributed by atoms with Crippen LogP contribution in [0.2, 0.25) is 0 Å². The fourth-order valence-electron chi connectivity index (χ4n) is 2.78. The second-order valence-electron chi connectivity index (χ2n) is 6.14. The van der Waals surface area contributed by atoms with E-state index in [1.807, 2.05) is 30.3 Å². The van der Waals surface area contributed by atoms with Crippen LogP contribution in [-0.2, 0) is 6.18 Å². The molecule has 0 fully saturated rings. The number of hydrogen-bond donors (Lipinski definition) is 0. The minimum atomic E-state index is -4.52. The summed E-state index contributed by atoms with van der Waals surface area (Å²) in [6.07, 6.45) is -2.29. The van der Waals surface area contributed by atoms with E-state index in [1.165, 1.54) is 0 Å². The minimum absolute atomic E-state index is 0.0158. The molecule has 0 saturated heterocycles. The van der Waals surface area contributed by atoms with Crippen LogP contribution in [0.1, 0.15) is 5.56 Å². The van der Waals surface area contributed by atoms with Gasteiger partial charge in [-0.1, -0.05) is 36.4 Å². The third kappa shape index (κ3) is 3.77. The Labute approximate surface area is 163 Å². The quantitative estimate of drug-likeness (QED) is 0.518. The van der Waals surface area contributed by atoms with Gasteiger partial charge in [-0.05, 0) is 30.3 Å². The van der Waals surface area contributed by atoms with Gasteiger partial charge in [-0.25, -0.2) is 4.98 Å². The SMILES string of the molecule is O=c1c(-c2ccccn2)cc(-c2ccccc2)nn1-c1ccc(C(F)(F)F)cn1. The zero-order chi connectivity index (χ0) is 20.4. The first kappa shape index (κ1) is 18.5. The van der Waals surface area contributed by atoms with E-state index in [0.717, 1.165) is 22.4 Å². The van der Waals surface area contributed by atoms with Crippen LogP contribution in [-0.4, -0.2) is 19.7 Å². The van der Waals surface area contributed by atoms with Gasteiger partial charge in [-0.3, -0.25) is 9.78 Å². The smallest absolute Gasteiger partial charge is 0.267 e. The Hall–Kier alpha value is -3.81. The molecule has 4 aromatic rings. The summed E-state index contributed by atoms with van der Waals surface area (Å²) < 4.78 is 39.5. The van der Waals surface area contributed by atoms with E-state index in [0.29, 0.717) is 17.6 Å². The molecule has 3 aromatic heterocycles. The molecule has 4 rings (SSSR count). The molecule has 29 heavy (non-hydrogen) atoms. The number of halogens is 3. The Morgan fingerprint density at radius 3 is 2.21 bits per heavy atom. The van der Waals surface area contributed by atoms with Crippen molar-refractivity contribution < 1.29 is 13.2 Å². The highest BCUT2D eigenvalue weighted by Crippen LogP contribution is 2.29. The highest BCUT2D eigenvalue weighted by atomic mass is 19.4. The van der Waals surface area contributed by atoms with Gasteiger partial charge in [0.2, 0.25) is 0 Å². The van der Waals surface area contributed by atoms with Gasteiger partial charge in [0.15, 0.2) is 5.82 Å². The summed E-state index contributed by atoms with van der Waals surface area (Å²) in [5.74, 6) is -0.0158. The zero-order valence-electron chi connectivity index (χ0n) is 14.8. The predicted molar refractivity (Wildman–Crippen MR) is 101 cm³/mol. The highest BCUT2D eigenvalue weighted by Gasteiger charge is 2.30. The molecule has 0 amide bonds. The molecule has 1 aromatic carbocycles. The topological polar surface area (TPSA) is 60.7 Å². The summed E-state index contributed by atoms with van der Waals surface area (Å²) in [5.41, 5.74) is 0.464. The van der Waals surface area contributed by atoms with E-state index in [2.05, 4.69) is 15.1 Å². The Balaban J connectivity index is 1.92. The van der Waals surface area contributed by atoms with Crippen molar-refractivity contribution in [1.29, 1.82) is 0 Å². The van der Waals surface area contributed by atoms with Crippen molar-refractivity contribution in [1.82, 2.24) is 19.7 Å². The number of alkyl halides is 3. The van der Waals surface area contributed by atoms with Crippen molar-refractivity contribution in [2.24, 2.45) is 0 Å². The second kappa shape index (κ2) is 7.31. The summed E-state index contributed by atoms with van der Waals surface area (Å²) in [7, 11) is 0. The summed E-state index contributed by atoms with van der Waals surface area (Å²) in [6, 6.07) is 17.9. The van der Waals surface area contributed by atoms with E-state index in [-0.39, 0.29) is 11.4 Å². The minimum Gasteiger partial charge on any atom is -0.267 e. The molecule has 0 unspecified atom stereocenters. The monoisotopic (exact) mass is 394 g/mol. The number of pyridine rings is 2. The highest BCUT2D eigenvalue weighted by molar-refractivity contribution is 5.67. The van der Waals surface area contributed by atoms with Crippen LogP contribution < -0.4 is 5.56 Å². The molecular formula is C21H13F3N4O. The molecule has 5 nitrogen and oxygen atoms in total. The Kier molecular flexibility index (Phi) is 4.67. The molecule has 0 aliphatic rings. The van der Waals surface area contributed by atoms with Crippen molar-refractivity contribution >= 4 is 0 Å². The van der Waals surface area contributed by atoms with E-state index in [9.17, 15) is 18.0 Å². The first-order valence-corrected chi connectivity index (χ1v) is 8.58. The van der Waals surface area contributed by atoms with Gasteiger partial charge >= 0.3 is 6.18 Å². The van der Waals surface area contributed by atoms with Crippen LogP contribution in [0.15, 0.2) is 83.9 Å². The lowest BCUT2D eigenvalue weighted by molar-refractivity contribution is -0.137. The van der Waals surface area contributed by atoms with E-state index in [4.69, 9.17) is 0 Å². The van der Waals surface area contributed by atoms with Crippen molar-refractivity contribution in [2.45, 2.75) is 6.18 Å². The van der Waals surface area contributed by atoms with E-state index < -0.39 is 17.3 Å². The molecule has 8 heteroatoms.